The van der Waals surface area contributed by atoms with E-state index in [0.717, 1.165) is 0 Å². The SMILES string of the molecule is Cc1scc2ccc(I)cc12. The van der Waals surface area contributed by atoms with Crippen LogP contribution in [0.15, 0.2) is 23.6 Å². The molecule has 56 valence electrons. The number of fused-ring (bicyclic) bond motifs is 1. The van der Waals surface area contributed by atoms with Crippen molar-refractivity contribution < 1.29 is 0 Å². The average Bonchev–Trinajstić information content (AvgIpc) is 2.33. The second kappa shape index (κ2) is 2.75. The minimum atomic E-state index is 1.32. The van der Waals surface area contributed by atoms with Gasteiger partial charge < -0.3 is 0 Å². The molecular formula is C9H7IS. The van der Waals surface area contributed by atoms with Gasteiger partial charge in [-0.1, -0.05) is 6.07 Å². The van der Waals surface area contributed by atoms with Gasteiger partial charge in [-0.25, -0.2) is 0 Å². The Morgan fingerprint density at radius 1 is 1.36 bits per heavy atom. The van der Waals surface area contributed by atoms with Crippen molar-refractivity contribution in [2.45, 2.75) is 6.92 Å². The Kier molecular flexibility index (Phi) is 1.89. The molecule has 0 aliphatic rings. The first-order valence-electron chi connectivity index (χ1n) is 3.41. The summed E-state index contributed by atoms with van der Waals surface area (Å²) in [4.78, 5) is 1.42. The molecule has 0 aliphatic heterocycles. The molecule has 2 heteroatoms. The maximum atomic E-state index is 2.35. The molecule has 2 aromatic rings. The van der Waals surface area contributed by atoms with E-state index in [1.54, 1.807) is 0 Å². The van der Waals surface area contributed by atoms with E-state index in [9.17, 15) is 0 Å². The highest BCUT2D eigenvalue weighted by molar-refractivity contribution is 14.1. The molecule has 2 rings (SSSR count). The van der Waals surface area contributed by atoms with Gasteiger partial charge in [0.25, 0.3) is 0 Å². The van der Waals surface area contributed by atoms with E-state index in [0.29, 0.717) is 0 Å². The van der Waals surface area contributed by atoms with E-state index < -0.39 is 0 Å². The first-order valence-corrected chi connectivity index (χ1v) is 5.36. The summed E-state index contributed by atoms with van der Waals surface area (Å²) >= 11 is 4.17. The van der Waals surface area contributed by atoms with Crippen molar-refractivity contribution >= 4 is 44.7 Å². The maximum Gasteiger partial charge on any atom is 0.0137 e. The van der Waals surface area contributed by atoms with Crippen LogP contribution in [0.2, 0.25) is 0 Å². The lowest BCUT2D eigenvalue weighted by atomic mass is 10.2. The van der Waals surface area contributed by atoms with Crippen LogP contribution in [0.3, 0.4) is 0 Å². The summed E-state index contributed by atoms with van der Waals surface area (Å²) in [6.45, 7) is 2.17. The summed E-state index contributed by atoms with van der Waals surface area (Å²) in [5, 5.41) is 4.98. The smallest absolute Gasteiger partial charge is 0.0137 e. The molecule has 0 amide bonds. The van der Waals surface area contributed by atoms with Crippen molar-refractivity contribution in [1.29, 1.82) is 0 Å². The number of hydrogen-bond donors (Lipinski definition) is 0. The Labute approximate surface area is 83.4 Å². The molecule has 1 aromatic carbocycles. The zero-order valence-corrected chi connectivity index (χ0v) is 9.07. The lowest BCUT2D eigenvalue weighted by molar-refractivity contribution is 1.66. The van der Waals surface area contributed by atoms with Gasteiger partial charge in [0.2, 0.25) is 0 Å². The summed E-state index contributed by atoms with van der Waals surface area (Å²) in [6, 6.07) is 6.57. The Hall–Kier alpha value is -0.0900. The molecule has 0 nitrogen and oxygen atoms in total. The molecule has 0 bridgehead atoms. The molecule has 0 saturated carbocycles. The van der Waals surface area contributed by atoms with Gasteiger partial charge in [0.15, 0.2) is 0 Å². The van der Waals surface area contributed by atoms with Crippen molar-refractivity contribution in [2.24, 2.45) is 0 Å². The third-order valence-corrected chi connectivity index (χ3v) is 3.37. The van der Waals surface area contributed by atoms with E-state index in [2.05, 4.69) is 53.1 Å². The monoisotopic (exact) mass is 274 g/mol. The van der Waals surface area contributed by atoms with Crippen LogP contribution >= 0.6 is 33.9 Å². The highest BCUT2D eigenvalue weighted by Gasteiger charge is 1.98. The molecule has 0 N–H and O–H groups in total. The third kappa shape index (κ3) is 1.29. The molecule has 0 atom stereocenters. The maximum absolute atomic E-state index is 2.35. The largest absolute Gasteiger partial charge is 0.148 e. The van der Waals surface area contributed by atoms with E-state index in [-0.39, 0.29) is 0 Å². The molecule has 1 heterocycles. The highest BCUT2D eigenvalue weighted by Crippen LogP contribution is 2.25. The van der Waals surface area contributed by atoms with Crippen LogP contribution in [0, 0.1) is 10.5 Å². The summed E-state index contributed by atoms with van der Waals surface area (Å²) in [6.07, 6.45) is 0. The number of benzene rings is 1. The van der Waals surface area contributed by atoms with Crippen molar-refractivity contribution in [3.05, 3.63) is 32.0 Å². The van der Waals surface area contributed by atoms with Gasteiger partial charge in [-0.15, -0.1) is 11.3 Å². The van der Waals surface area contributed by atoms with Crippen LogP contribution in [-0.2, 0) is 0 Å². The number of rotatable bonds is 0. The van der Waals surface area contributed by atoms with E-state index in [4.69, 9.17) is 0 Å². The van der Waals surface area contributed by atoms with Crippen LogP contribution < -0.4 is 0 Å². The quantitative estimate of drug-likeness (QED) is 0.641. The summed E-state index contributed by atoms with van der Waals surface area (Å²) < 4.78 is 1.32. The van der Waals surface area contributed by atoms with E-state index >= 15 is 0 Å². The molecule has 0 aliphatic carbocycles. The van der Waals surface area contributed by atoms with Crippen molar-refractivity contribution in [1.82, 2.24) is 0 Å². The predicted molar refractivity (Wildman–Crippen MR) is 59.3 cm³/mol. The number of aryl methyl sites for hydroxylation is 1. The fraction of sp³-hybridized carbons (Fsp3) is 0.111. The van der Waals surface area contributed by atoms with E-state index in [1.807, 2.05) is 11.3 Å². The second-order valence-electron chi connectivity index (χ2n) is 2.52. The first kappa shape index (κ1) is 7.55. The van der Waals surface area contributed by atoms with Gasteiger partial charge in [-0.2, -0.15) is 0 Å². The minimum absolute atomic E-state index is 1.32. The summed E-state index contributed by atoms with van der Waals surface area (Å²) in [5.74, 6) is 0. The molecule has 0 saturated heterocycles. The highest BCUT2D eigenvalue weighted by atomic mass is 127. The zero-order chi connectivity index (χ0) is 7.84. The molecule has 1 aromatic heterocycles. The summed E-state index contributed by atoms with van der Waals surface area (Å²) in [5.41, 5.74) is 0. The van der Waals surface area contributed by atoms with E-state index in [1.165, 1.54) is 19.2 Å². The molecule has 0 unspecified atom stereocenters. The fourth-order valence-corrected chi connectivity index (χ4v) is 2.46. The van der Waals surface area contributed by atoms with Crippen molar-refractivity contribution in [3.8, 4) is 0 Å². The Morgan fingerprint density at radius 2 is 2.18 bits per heavy atom. The third-order valence-electron chi connectivity index (χ3n) is 1.76. The number of halogens is 1. The van der Waals surface area contributed by atoms with Gasteiger partial charge in [0.05, 0.1) is 0 Å². The van der Waals surface area contributed by atoms with Crippen LogP contribution in [0.5, 0.6) is 0 Å². The van der Waals surface area contributed by atoms with Crippen molar-refractivity contribution in [3.63, 3.8) is 0 Å². The predicted octanol–water partition coefficient (Wildman–Crippen LogP) is 3.81. The number of hydrogen-bond acceptors (Lipinski definition) is 1. The van der Waals surface area contributed by atoms with Gasteiger partial charge in [-0.3, -0.25) is 0 Å². The standard InChI is InChI=1S/C9H7IS/c1-6-9-4-8(10)3-2-7(9)5-11-6/h2-5H,1H3. The second-order valence-corrected chi connectivity index (χ2v) is 4.85. The topological polar surface area (TPSA) is 0 Å². The lowest BCUT2D eigenvalue weighted by Gasteiger charge is -1.91. The van der Waals surface area contributed by atoms with Crippen molar-refractivity contribution in [2.75, 3.05) is 0 Å². The van der Waals surface area contributed by atoms with Gasteiger partial charge >= 0.3 is 0 Å². The first-order chi connectivity index (χ1) is 5.27. The Morgan fingerprint density at radius 3 is 3.00 bits per heavy atom. The van der Waals surface area contributed by atoms with Crippen LogP contribution in [0.25, 0.3) is 10.8 Å². The molecule has 0 fully saturated rings. The van der Waals surface area contributed by atoms with Crippen LogP contribution in [0.4, 0.5) is 0 Å². The Balaban J connectivity index is 2.87. The molecule has 0 spiro atoms. The lowest BCUT2D eigenvalue weighted by Crippen LogP contribution is -1.70. The Bertz CT molecular complexity index is 389. The molecular weight excluding hydrogens is 267 g/mol. The fourth-order valence-electron chi connectivity index (χ4n) is 1.15. The number of thiophene rings is 1. The van der Waals surface area contributed by atoms with Crippen LogP contribution in [0.1, 0.15) is 4.88 Å². The average molecular weight is 274 g/mol. The normalized spacial score (nSPS) is 10.7. The molecule has 0 radical (unpaired) electrons. The van der Waals surface area contributed by atoms with Gasteiger partial charge in [0, 0.05) is 8.45 Å². The zero-order valence-electron chi connectivity index (χ0n) is 6.10. The summed E-state index contributed by atoms with van der Waals surface area (Å²) in [7, 11) is 0. The molecule has 11 heavy (non-hydrogen) atoms. The minimum Gasteiger partial charge on any atom is -0.148 e. The van der Waals surface area contributed by atoms with Gasteiger partial charge in [0.1, 0.15) is 0 Å². The van der Waals surface area contributed by atoms with Gasteiger partial charge in [-0.05, 0) is 57.8 Å². The van der Waals surface area contributed by atoms with Crippen LogP contribution in [-0.4, -0.2) is 0 Å².